The van der Waals surface area contributed by atoms with Crippen LogP contribution in [0.1, 0.15) is 24.3 Å². The number of nitrogens with zero attached hydrogens (tertiary/aromatic N) is 3. The Kier molecular flexibility index (Phi) is 4.27. The highest BCUT2D eigenvalue weighted by Gasteiger charge is 2.32. The number of benzene rings is 1. The highest BCUT2D eigenvalue weighted by atomic mass is 19.4. The van der Waals surface area contributed by atoms with Crippen molar-refractivity contribution < 1.29 is 27.6 Å². The standard InChI is InChI=1S/C15H14F3N3O3/c16-15(17,18)10-4-1-3-9(7-10)13-19-12(24-20-13)8-21-6-2-5-11(21)14(22)23/h1,3-4,7,11H,2,5-6,8H2,(H,22,23)/t11-/m1/s1. The van der Waals surface area contributed by atoms with Crippen LogP contribution >= 0.6 is 0 Å². The van der Waals surface area contributed by atoms with E-state index in [0.717, 1.165) is 18.6 Å². The van der Waals surface area contributed by atoms with E-state index in [1.807, 2.05) is 0 Å². The fourth-order valence-electron chi connectivity index (χ4n) is 2.74. The van der Waals surface area contributed by atoms with Gasteiger partial charge in [0.15, 0.2) is 0 Å². The molecule has 0 unspecified atom stereocenters. The molecule has 1 aliphatic heterocycles. The van der Waals surface area contributed by atoms with Crippen molar-refractivity contribution in [3.8, 4) is 11.4 Å². The Bertz CT molecular complexity index is 745. The van der Waals surface area contributed by atoms with Gasteiger partial charge in [-0.2, -0.15) is 18.2 Å². The molecule has 24 heavy (non-hydrogen) atoms. The molecule has 1 aromatic carbocycles. The third-order valence-electron chi connectivity index (χ3n) is 3.90. The number of carbonyl (C=O) groups is 1. The van der Waals surface area contributed by atoms with Gasteiger partial charge in [-0.3, -0.25) is 9.69 Å². The van der Waals surface area contributed by atoms with Gasteiger partial charge in [0, 0.05) is 5.56 Å². The van der Waals surface area contributed by atoms with E-state index >= 15 is 0 Å². The van der Waals surface area contributed by atoms with E-state index in [0.29, 0.717) is 13.0 Å². The first-order chi connectivity index (χ1) is 11.3. The Balaban J connectivity index is 1.78. The summed E-state index contributed by atoms with van der Waals surface area (Å²) in [4.78, 5) is 16.9. The molecule has 1 atom stereocenters. The van der Waals surface area contributed by atoms with Crippen molar-refractivity contribution in [1.82, 2.24) is 15.0 Å². The van der Waals surface area contributed by atoms with Gasteiger partial charge in [0.25, 0.3) is 0 Å². The van der Waals surface area contributed by atoms with Gasteiger partial charge in [-0.1, -0.05) is 17.3 Å². The average molecular weight is 341 g/mol. The van der Waals surface area contributed by atoms with E-state index in [1.165, 1.54) is 12.1 Å². The van der Waals surface area contributed by atoms with Gasteiger partial charge in [-0.25, -0.2) is 0 Å². The average Bonchev–Trinajstić information content (AvgIpc) is 3.16. The monoisotopic (exact) mass is 341 g/mol. The highest BCUT2D eigenvalue weighted by molar-refractivity contribution is 5.73. The SMILES string of the molecule is O=C(O)[C@H]1CCCN1Cc1nc(-c2cccc(C(F)(F)F)c2)no1. The summed E-state index contributed by atoms with van der Waals surface area (Å²) >= 11 is 0. The first kappa shape index (κ1) is 16.4. The number of carboxylic acids is 1. The van der Waals surface area contributed by atoms with Gasteiger partial charge in [-0.15, -0.1) is 0 Å². The smallest absolute Gasteiger partial charge is 0.416 e. The molecule has 1 aliphatic rings. The molecule has 0 bridgehead atoms. The topological polar surface area (TPSA) is 79.5 Å². The van der Waals surface area contributed by atoms with Crippen molar-refractivity contribution in [3.05, 3.63) is 35.7 Å². The zero-order valence-electron chi connectivity index (χ0n) is 12.5. The van der Waals surface area contributed by atoms with Crippen molar-refractivity contribution >= 4 is 5.97 Å². The summed E-state index contributed by atoms with van der Waals surface area (Å²) in [5.74, 6) is -0.692. The minimum Gasteiger partial charge on any atom is -0.480 e. The second-order valence-corrected chi connectivity index (χ2v) is 5.56. The van der Waals surface area contributed by atoms with E-state index in [4.69, 9.17) is 9.63 Å². The van der Waals surface area contributed by atoms with Crippen LogP contribution in [0.15, 0.2) is 28.8 Å². The molecule has 128 valence electrons. The lowest BCUT2D eigenvalue weighted by molar-refractivity contribution is -0.142. The van der Waals surface area contributed by atoms with Crippen molar-refractivity contribution in [1.29, 1.82) is 0 Å². The van der Waals surface area contributed by atoms with Crippen LogP contribution < -0.4 is 0 Å². The summed E-state index contributed by atoms with van der Waals surface area (Å²) in [6.07, 6.45) is -3.15. The third kappa shape index (κ3) is 3.40. The van der Waals surface area contributed by atoms with E-state index in [2.05, 4.69) is 10.1 Å². The number of rotatable bonds is 4. The fourth-order valence-corrected chi connectivity index (χ4v) is 2.74. The number of hydrogen-bond acceptors (Lipinski definition) is 5. The minimum absolute atomic E-state index is 0.0437. The summed E-state index contributed by atoms with van der Waals surface area (Å²) < 4.78 is 43.3. The molecule has 2 aromatic rings. The van der Waals surface area contributed by atoms with Crippen molar-refractivity contribution in [2.75, 3.05) is 6.54 Å². The lowest BCUT2D eigenvalue weighted by atomic mass is 10.1. The Morgan fingerprint density at radius 2 is 2.21 bits per heavy atom. The Morgan fingerprint density at radius 3 is 2.92 bits per heavy atom. The van der Waals surface area contributed by atoms with E-state index in [1.54, 1.807) is 4.90 Å². The number of alkyl halides is 3. The predicted molar refractivity (Wildman–Crippen MR) is 75.8 cm³/mol. The van der Waals surface area contributed by atoms with Gasteiger partial charge in [0.1, 0.15) is 6.04 Å². The van der Waals surface area contributed by atoms with Crippen molar-refractivity contribution in [2.45, 2.75) is 31.6 Å². The van der Waals surface area contributed by atoms with Gasteiger partial charge in [0.05, 0.1) is 12.1 Å². The molecule has 0 spiro atoms. The largest absolute Gasteiger partial charge is 0.480 e. The van der Waals surface area contributed by atoms with Crippen LogP contribution in [0.3, 0.4) is 0 Å². The lowest BCUT2D eigenvalue weighted by Gasteiger charge is -2.18. The number of carboxylic acid groups (broad SMARTS) is 1. The molecule has 0 aliphatic carbocycles. The number of aliphatic carboxylic acids is 1. The maximum atomic E-state index is 12.8. The molecule has 1 N–H and O–H groups in total. The Labute approximate surface area is 134 Å². The van der Waals surface area contributed by atoms with Crippen LogP contribution in [-0.4, -0.2) is 38.7 Å². The minimum atomic E-state index is -4.45. The Morgan fingerprint density at radius 1 is 1.42 bits per heavy atom. The van der Waals surface area contributed by atoms with Gasteiger partial charge >= 0.3 is 12.1 Å². The highest BCUT2D eigenvalue weighted by Crippen LogP contribution is 2.31. The molecule has 1 saturated heterocycles. The normalized spacial score (nSPS) is 18.9. The first-order valence-corrected chi connectivity index (χ1v) is 7.31. The lowest BCUT2D eigenvalue weighted by Crippen LogP contribution is -2.35. The van der Waals surface area contributed by atoms with Gasteiger partial charge < -0.3 is 9.63 Å². The third-order valence-corrected chi connectivity index (χ3v) is 3.90. The van der Waals surface area contributed by atoms with Gasteiger partial charge in [0.2, 0.25) is 11.7 Å². The van der Waals surface area contributed by atoms with Crippen LogP contribution in [-0.2, 0) is 17.5 Å². The number of likely N-dealkylation sites (tertiary alicyclic amines) is 1. The van der Waals surface area contributed by atoms with Crippen LogP contribution in [0.4, 0.5) is 13.2 Å². The predicted octanol–water partition coefficient (Wildman–Crippen LogP) is 2.80. The molecule has 1 fully saturated rings. The van der Waals surface area contributed by atoms with Crippen LogP contribution in [0.25, 0.3) is 11.4 Å². The zero-order chi connectivity index (χ0) is 17.3. The maximum Gasteiger partial charge on any atom is 0.416 e. The molecular formula is C15H14F3N3O3. The maximum absolute atomic E-state index is 12.8. The number of aromatic nitrogens is 2. The summed E-state index contributed by atoms with van der Waals surface area (Å²) in [7, 11) is 0. The fraction of sp³-hybridized carbons (Fsp3) is 0.400. The van der Waals surface area contributed by atoms with E-state index in [9.17, 15) is 18.0 Å². The van der Waals surface area contributed by atoms with Crippen LogP contribution in [0.2, 0.25) is 0 Å². The quantitative estimate of drug-likeness (QED) is 0.921. The molecule has 0 amide bonds. The molecule has 1 aromatic heterocycles. The first-order valence-electron chi connectivity index (χ1n) is 7.31. The number of hydrogen-bond donors (Lipinski definition) is 1. The Hall–Kier alpha value is -2.42. The number of halogens is 3. The second kappa shape index (κ2) is 6.23. The molecular weight excluding hydrogens is 327 g/mol. The second-order valence-electron chi connectivity index (χ2n) is 5.56. The van der Waals surface area contributed by atoms with E-state index in [-0.39, 0.29) is 23.8 Å². The molecule has 9 heteroatoms. The molecule has 2 heterocycles. The molecule has 0 radical (unpaired) electrons. The zero-order valence-corrected chi connectivity index (χ0v) is 12.5. The van der Waals surface area contributed by atoms with Crippen molar-refractivity contribution in [2.24, 2.45) is 0 Å². The van der Waals surface area contributed by atoms with Crippen LogP contribution in [0.5, 0.6) is 0 Å². The van der Waals surface area contributed by atoms with Gasteiger partial charge in [-0.05, 0) is 31.5 Å². The summed E-state index contributed by atoms with van der Waals surface area (Å²) in [5, 5.41) is 12.8. The van der Waals surface area contributed by atoms with E-state index < -0.39 is 23.8 Å². The summed E-state index contributed by atoms with van der Waals surface area (Å²) in [5.41, 5.74) is -0.604. The van der Waals surface area contributed by atoms with Crippen LogP contribution in [0, 0.1) is 0 Å². The van der Waals surface area contributed by atoms with Crippen molar-refractivity contribution in [3.63, 3.8) is 0 Å². The molecule has 3 rings (SSSR count). The molecule has 0 saturated carbocycles. The summed E-state index contributed by atoms with van der Waals surface area (Å²) in [6.45, 7) is 0.751. The summed E-state index contributed by atoms with van der Waals surface area (Å²) in [6, 6.07) is 4.04. The molecule has 6 nitrogen and oxygen atoms in total.